The molecule has 0 aromatic rings. The lowest BCUT2D eigenvalue weighted by Gasteiger charge is -2.26. The summed E-state index contributed by atoms with van der Waals surface area (Å²) < 4.78 is 0. The summed E-state index contributed by atoms with van der Waals surface area (Å²) in [6.45, 7) is -0.0373. The highest BCUT2D eigenvalue weighted by molar-refractivity contribution is 6.01. The van der Waals surface area contributed by atoms with Crippen LogP contribution in [0.15, 0.2) is 0 Å². The monoisotopic (exact) mass is 1050 g/mol. The molecule has 0 radical (unpaired) electrons. The van der Waals surface area contributed by atoms with Gasteiger partial charge in [0.25, 0.3) is 0 Å². The molecule has 0 unspecified atom stereocenters. The van der Waals surface area contributed by atoms with E-state index >= 15 is 0 Å². The molecule has 0 spiro atoms. The molecule has 0 aliphatic rings. The van der Waals surface area contributed by atoms with Crippen LogP contribution in [-0.4, -0.2) is 208 Å². The quantitative estimate of drug-likeness (QED) is 0.0277. The maximum atomic E-state index is 13.5. The Morgan fingerprint density at radius 3 is 0.630 bits per heavy atom. The number of aliphatic carboxylic acids is 9. The number of nitrogens with one attached hydrogen (secondary N) is 8. The van der Waals surface area contributed by atoms with Gasteiger partial charge in [0.05, 0.1) is 57.4 Å². The van der Waals surface area contributed by atoms with Gasteiger partial charge in [-0.25, -0.2) is 4.79 Å². The normalized spacial score (nSPS) is 14.3. The second-order valence-corrected chi connectivity index (χ2v) is 15.1. The van der Waals surface area contributed by atoms with Crippen LogP contribution < -0.4 is 54.0 Å². The van der Waals surface area contributed by atoms with Crippen molar-refractivity contribution >= 4 is 101 Å². The van der Waals surface area contributed by atoms with Gasteiger partial charge in [-0.15, -0.1) is 0 Å². The Bertz CT molecular complexity index is 2170. The van der Waals surface area contributed by atoms with Gasteiger partial charge >= 0.3 is 53.7 Å². The molecule has 0 saturated carbocycles. The first-order valence-electron chi connectivity index (χ1n) is 20.6. The Morgan fingerprint density at radius 1 is 0.288 bits per heavy atom. The molecule has 0 fully saturated rings. The fraction of sp³-hybridized carbons (Fsp3) is 0.541. The molecule has 0 saturated heterocycles. The zero-order valence-electron chi connectivity index (χ0n) is 37.6. The standard InChI is InChI=1S/C37H52N10O26/c38-3-1-2-13(37(72)73)40-30(65)15(6-23(52)53)42-32(67)17(8-25(56)57)44-34(69)19(10-27(60)61)46-36(71)20(11-28(62)63)47-35(70)18(9-26(58)59)45-33(68)16(7-24(54)55)43-31(66)14(5-22(50)51)41-29(64)12(39)4-21(48)49/h12-20H,1-11,38-39H2,(H,40,65)(H,41,64)(H,42,67)(H,43,66)(H,44,69)(H,45,68)(H,46,71)(H,47,70)(H,48,49)(H,50,51)(H,52,53)(H,54,55)(H,56,57)(H,58,59)(H,60,61)(H,62,63)(H,72,73)/t12-,13-,14-,15-,16-,17-,18-,19-,20-/m0/s1. The summed E-state index contributed by atoms with van der Waals surface area (Å²) in [5.41, 5.74) is 10.7. The Hall–Kier alpha value is -9.09. The number of carboxylic acid groups (broad SMARTS) is 9. The molecular formula is C37H52N10O26. The topological polar surface area (TPSA) is 621 Å². The van der Waals surface area contributed by atoms with E-state index in [-0.39, 0.29) is 19.4 Å². The SMILES string of the molecule is NCCC[C@H](NC(=O)[C@H](CC(=O)O)NC(=O)[C@H](CC(=O)O)NC(=O)[C@H](CC(=O)O)NC(=O)[C@H](CC(=O)O)NC(=O)[C@H](CC(=O)O)NC(=O)[C@H](CC(=O)O)NC(=O)[C@H](CC(=O)O)NC(=O)[C@@H](N)CC(=O)O)C(=O)O. The van der Waals surface area contributed by atoms with Gasteiger partial charge in [-0.3, -0.25) is 76.7 Å². The van der Waals surface area contributed by atoms with E-state index in [2.05, 4.69) is 0 Å². The molecule has 9 atom stereocenters. The Balaban J connectivity index is 6.73. The number of nitrogens with two attached hydrogens (primary N) is 2. The lowest BCUT2D eigenvalue weighted by atomic mass is 10.1. The Labute approximate surface area is 407 Å². The van der Waals surface area contributed by atoms with Crippen LogP contribution >= 0.6 is 0 Å². The van der Waals surface area contributed by atoms with E-state index in [1.807, 2.05) is 10.6 Å². The summed E-state index contributed by atoms with van der Waals surface area (Å²) in [4.78, 5) is 209. The average molecular weight is 1050 g/mol. The van der Waals surface area contributed by atoms with Crippen molar-refractivity contribution in [3.63, 3.8) is 0 Å². The van der Waals surface area contributed by atoms with E-state index in [9.17, 15) is 122 Å². The predicted molar refractivity (Wildman–Crippen MR) is 227 cm³/mol. The molecule has 73 heavy (non-hydrogen) atoms. The molecule has 0 aliphatic carbocycles. The molecule has 8 amide bonds. The molecule has 0 heterocycles. The van der Waals surface area contributed by atoms with Crippen molar-refractivity contribution in [3.05, 3.63) is 0 Å². The summed E-state index contributed by atoms with van der Waals surface area (Å²) in [5, 5.41) is 98.3. The minimum atomic E-state index is -2.47. The summed E-state index contributed by atoms with van der Waals surface area (Å²) in [6, 6.07) is -20.0. The van der Waals surface area contributed by atoms with E-state index in [4.69, 9.17) is 16.6 Å². The second kappa shape index (κ2) is 31.2. The zero-order chi connectivity index (χ0) is 56.4. The van der Waals surface area contributed by atoms with Crippen LogP contribution in [0.2, 0.25) is 0 Å². The number of hydrogen-bond acceptors (Lipinski definition) is 19. The minimum absolute atomic E-state index is 0.0373. The van der Waals surface area contributed by atoms with E-state index in [0.29, 0.717) is 0 Å². The molecule has 36 nitrogen and oxygen atoms in total. The summed E-state index contributed by atoms with van der Waals surface area (Å²) >= 11 is 0. The third-order valence-electron chi connectivity index (χ3n) is 9.12. The largest absolute Gasteiger partial charge is 0.481 e. The van der Waals surface area contributed by atoms with Gasteiger partial charge in [-0.05, 0) is 19.4 Å². The number of amides is 8. The highest BCUT2D eigenvalue weighted by Gasteiger charge is 2.38. The Kier molecular flexibility index (Phi) is 27.3. The maximum absolute atomic E-state index is 13.5. The van der Waals surface area contributed by atoms with Crippen LogP contribution in [0.4, 0.5) is 0 Å². The van der Waals surface area contributed by atoms with Gasteiger partial charge in [0.15, 0.2) is 0 Å². The fourth-order valence-corrected chi connectivity index (χ4v) is 5.73. The van der Waals surface area contributed by atoms with Gasteiger partial charge in [-0.1, -0.05) is 0 Å². The van der Waals surface area contributed by atoms with Crippen molar-refractivity contribution in [2.45, 2.75) is 119 Å². The summed E-state index contributed by atoms with van der Waals surface area (Å²) in [7, 11) is 0. The first kappa shape index (κ1) is 63.9. The van der Waals surface area contributed by atoms with Crippen molar-refractivity contribution in [2.75, 3.05) is 6.54 Å². The summed E-state index contributed by atoms with van der Waals surface area (Å²) in [5.74, 6) is -29.5. The molecule has 36 heteroatoms. The van der Waals surface area contributed by atoms with Crippen molar-refractivity contribution in [1.29, 1.82) is 0 Å². The van der Waals surface area contributed by atoms with Gasteiger partial charge in [0, 0.05) is 0 Å². The molecule has 0 aromatic carbocycles. The lowest BCUT2D eigenvalue weighted by Crippen LogP contribution is -2.61. The van der Waals surface area contributed by atoms with Crippen molar-refractivity contribution < 1.29 is 127 Å². The van der Waals surface area contributed by atoms with Gasteiger partial charge in [0.1, 0.15) is 48.3 Å². The molecular weight excluding hydrogens is 1000 g/mol. The molecule has 406 valence electrons. The second-order valence-electron chi connectivity index (χ2n) is 15.1. The third-order valence-corrected chi connectivity index (χ3v) is 9.12. The van der Waals surface area contributed by atoms with Crippen LogP contribution in [0.1, 0.15) is 64.2 Å². The van der Waals surface area contributed by atoms with E-state index in [1.54, 1.807) is 31.9 Å². The first-order valence-corrected chi connectivity index (χ1v) is 20.6. The predicted octanol–water partition coefficient (Wildman–Crippen LogP) is -9.19. The molecule has 0 rings (SSSR count). The van der Waals surface area contributed by atoms with Crippen LogP contribution in [-0.2, 0) is 81.5 Å². The summed E-state index contributed by atoms with van der Waals surface area (Å²) in [6.07, 6.45) is -11.1. The van der Waals surface area contributed by atoms with Crippen LogP contribution in [0.5, 0.6) is 0 Å². The first-order chi connectivity index (χ1) is 33.8. The van der Waals surface area contributed by atoms with Crippen LogP contribution in [0.25, 0.3) is 0 Å². The van der Waals surface area contributed by atoms with Crippen molar-refractivity contribution in [3.8, 4) is 0 Å². The molecule has 21 N–H and O–H groups in total. The lowest BCUT2D eigenvalue weighted by molar-refractivity contribution is -0.146. The zero-order valence-corrected chi connectivity index (χ0v) is 37.6. The Morgan fingerprint density at radius 2 is 0.466 bits per heavy atom. The average Bonchev–Trinajstić information content (AvgIpc) is 3.24. The van der Waals surface area contributed by atoms with E-state index < -0.39 is 207 Å². The van der Waals surface area contributed by atoms with E-state index in [0.717, 1.165) is 0 Å². The van der Waals surface area contributed by atoms with Gasteiger partial charge in [0.2, 0.25) is 47.3 Å². The number of carbonyl (C=O) groups is 17. The minimum Gasteiger partial charge on any atom is -0.481 e. The molecule has 0 aliphatic heterocycles. The number of rotatable bonds is 36. The van der Waals surface area contributed by atoms with Crippen molar-refractivity contribution in [2.24, 2.45) is 11.5 Å². The van der Waals surface area contributed by atoms with Gasteiger partial charge in [-0.2, -0.15) is 0 Å². The number of carboxylic acids is 9. The maximum Gasteiger partial charge on any atom is 0.326 e. The fourth-order valence-electron chi connectivity index (χ4n) is 5.73. The van der Waals surface area contributed by atoms with Crippen molar-refractivity contribution in [1.82, 2.24) is 42.5 Å². The highest BCUT2D eigenvalue weighted by atomic mass is 16.4. The van der Waals surface area contributed by atoms with Gasteiger partial charge < -0.3 is 100.0 Å². The smallest absolute Gasteiger partial charge is 0.326 e. The highest BCUT2D eigenvalue weighted by Crippen LogP contribution is 2.07. The number of carbonyl (C=O) groups excluding carboxylic acids is 8. The molecule has 0 aromatic heterocycles. The molecule has 0 bridgehead atoms. The van der Waals surface area contributed by atoms with Crippen LogP contribution in [0, 0.1) is 0 Å². The number of hydrogen-bond donors (Lipinski definition) is 19. The third kappa shape index (κ3) is 25.9. The van der Waals surface area contributed by atoms with E-state index in [1.165, 1.54) is 0 Å². The van der Waals surface area contributed by atoms with Crippen LogP contribution in [0.3, 0.4) is 0 Å².